The third-order valence-corrected chi connectivity index (χ3v) is 1.19. The lowest BCUT2D eigenvalue weighted by molar-refractivity contribution is -0.112. The highest BCUT2D eigenvalue weighted by Crippen LogP contribution is 2.12. The Morgan fingerprint density at radius 1 is 1.67 bits per heavy atom. The molecule has 0 aliphatic heterocycles. The average Bonchev–Trinajstić information content (AvgIpc) is 1.86. The molecule has 0 amide bonds. The van der Waals surface area contributed by atoms with Gasteiger partial charge in [0.05, 0.1) is 5.41 Å². The van der Waals surface area contributed by atoms with Crippen LogP contribution < -0.4 is 0 Å². The van der Waals surface area contributed by atoms with Gasteiger partial charge in [-0.25, -0.2) is 0 Å². The van der Waals surface area contributed by atoms with E-state index in [1.54, 1.807) is 13.8 Å². The highest BCUT2D eigenvalue weighted by Gasteiger charge is 2.19. The van der Waals surface area contributed by atoms with Crippen LogP contribution in [0.5, 0.6) is 0 Å². The second kappa shape index (κ2) is 2.58. The van der Waals surface area contributed by atoms with Crippen LogP contribution in [0.15, 0.2) is 12.7 Å². The maximum absolute atomic E-state index is 10.2. The first-order valence-corrected chi connectivity index (χ1v) is 2.72. The van der Waals surface area contributed by atoms with Crippen LogP contribution in [0.4, 0.5) is 0 Å². The number of hydrogen-bond acceptors (Lipinski definition) is 2. The van der Waals surface area contributed by atoms with Gasteiger partial charge in [-0.2, -0.15) is 0 Å². The van der Waals surface area contributed by atoms with Crippen molar-refractivity contribution in [1.82, 2.24) is 0 Å². The fourth-order valence-electron chi connectivity index (χ4n) is 0.327. The lowest BCUT2D eigenvalue weighted by Crippen LogP contribution is -2.22. The van der Waals surface area contributed by atoms with Crippen molar-refractivity contribution in [2.75, 3.05) is 0 Å². The zero-order valence-electron chi connectivity index (χ0n) is 5.77. The minimum absolute atomic E-state index is 0.262. The molecule has 0 atom stereocenters. The lowest BCUT2D eigenvalue weighted by atomic mass is 9.89. The van der Waals surface area contributed by atoms with Crippen molar-refractivity contribution in [2.45, 2.75) is 13.8 Å². The number of rotatable bonds is 3. The molecule has 9 heavy (non-hydrogen) atoms. The second-order valence-corrected chi connectivity index (χ2v) is 2.46. The molecular weight excluding hydrogens is 114 g/mol. The van der Waals surface area contributed by atoms with E-state index in [9.17, 15) is 4.79 Å². The van der Waals surface area contributed by atoms with E-state index < -0.39 is 5.41 Å². The van der Waals surface area contributed by atoms with E-state index in [0.717, 1.165) is 6.29 Å². The van der Waals surface area contributed by atoms with Crippen molar-refractivity contribution in [3.05, 3.63) is 12.7 Å². The average molecular weight is 125 g/mol. The zero-order valence-corrected chi connectivity index (χ0v) is 5.77. The van der Waals surface area contributed by atoms with E-state index in [1.807, 2.05) is 0 Å². The molecule has 0 saturated heterocycles. The molecule has 0 fully saturated rings. The Bertz CT molecular complexity index is 147. The summed E-state index contributed by atoms with van der Waals surface area (Å²) >= 11 is 0. The molecule has 0 saturated carbocycles. The largest absolute Gasteiger partial charge is 0.304 e. The highest BCUT2D eigenvalue weighted by atomic mass is 16.1. The third kappa shape index (κ3) is 1.80. The quantitative estimate of drug-likeness (QED) is 0.449. The Labute approximate surface area is 55.1 Å². The fourth-order valence-corrected chi connectivity index (χ4v) is 0.327. The van der Waals surface area contributed by atoms with Crippen LogP contribution in [0.25, 0.3) is 0 Å². The van der Waals surface area contributed by atoms with Gasteiger partial charge in [-0.3, -0.25) is 0 Å². The van der Waals surface area contributed by atoms with Gasteiger partial charge in [-0.15, -0.1) is 0 Å². The van der Waals surface area contributed by atoms with Crippen LogP contribution in [-0.4, -0.2) is 12.0 Å². The summed E-state index contributed by atoms with van der Waals surface area (Å²) in [6, 6.07) is 0. The Morgan fingerprint density at radius 2 is 2.11 bits per heavy atom. The van der Waals surface area contributed by atoms with E-state index in [4.69, 9.17) is 5.41 Å². The Kier molecular flexibility index (Phi) is 2.31. The molecule has 0 unspecified atom stereocenters. The van der Waals surface area contributed by atoms with Crippen LogP contribution in [0.1, 0.15) is 13.8 Å². The van der Waals surface area contributed by atoms with Gasteiger partial charge in [-0.1, -0.05) is 6.58 Å². The van der Waals surface area contributed by atoms with E-state index in [2.05, 4.69) is 6.58 Å². The summed E-state index contributed by atoms with van der Waals surface area (Å²) in [6.45, 7) is 6.76. The Morgan fingerprint density at radius 3 is 2.22 bits per heavy atom. The maximum Gasteiger partial charge on any atom is 0.131 e. The lowest BCUT2D eigenvalue weighted by Gasteiger charge is -2.13. The van der Waals surface area contributed by atoms with Gasteiger partial charge >= 0.3 is 0 Å². The molecule has 0 aliphatic rings. The fraction of sp³-hybridized carbons (Fsp3) is 0.429. The molecule has 0 aliphatic carbocycles. The first kappa shape index (κ1) is 8.08. The minimum atomic E-state index is -0.665. The number of aldehydes is 1. The predicted molar refractivity (Wildman–Crippen MR) is 37.8 cm³/mol. The molecule has 0 aromatic rings. The van der Waals surface area contributed by atoms with Crippen LogP contribution in [-0.2, 0) is 4.79 Å². The molecule has 2 heteroatoms. The van der Waals surface area contributed by atoms with Crippen LogP contribution in [0.2, 0.25) is 0 Å². The molecule has 0 aromatic heterocycles. The van der Waals surface area contributed by atoms with Crippen LogP contribution >= 0.6 is 0 Å². The van der Waals surface area contributed by atoms with E-state index in [1.165, 1.54) is 6.08 Å². The van der Waals surface area contributed by atoms with Crippen molar-refractivity contribution in [3.8, 4) is 0 Å². The second-order valence-electron chi connectivity index (χ2n) is 2.46. The molecular formula is C7H11NO. The van der Waals surface area contributed by atoms with E-state index in [0.29, 0.717) is 0 Å². The molecule has 0 aromatic carbocycles. The highest BCUT2D eigenvalue weighted by molar-refractivity contribution is 6.05. The predicted octanol–water partition coefficient (Wildman–Crippen LogP) is 1.42. The summed E-state index contributed by atoms with van der Waals surface area (Å²) in [6.07, 6.45) is 2.13. The number of nitrogens with one attached hydrogen (secondary N) is 1. The van der Waals surface area contributed by atoms with Gasteiger partial charge in [-0.05, 0) is 19.9 Å². The number of allylic oxidation sites excluding steroid dienone is 1. The normalized spacial score (nSPS) is 10.4. The first-order valence-electron chi connectivity index (χ1n) is 2.72. The summed E-state index contributed by atoms with van der Waals surface area (Å²) in [7, 11) is 0. The molecule has 50 valence electrons. The van der Waals surface area contributed by atoms with Crippen molar-refractivity contribution < 1.29 is 4.79 Å². The SMILES string of the molecule is C=CC(=N)C(C)(C)C=O. The number of carbonyl (C=O) groups is 1. The standard InChI is InChI=1S/C7H11NO/c1-4-6(8)7(2,3)5-9/h4-5,8H,1H2,2-3H3. The third-order valence-electron chi connectivity index (χ3n) is 1.19. The summed E-state index contributed by atoms with van der Waals surface area (Å²) in [5.41, 5.74) is -0.403. The van der Waals surface area contributed by atoms with Gasteiger partial charge in [0.1, 0.15) is 6.29 Å². The minimum Gasteiger partial charge on any atom is -0.304 e. The molecule has 0 bridgehead atoms. The van der Waals surface area contributed by atoms with Crippen LogP contribution in [0, 0.1) is 10.8 Å². The first-order chi connectivity index (χ1) is 4.04. The summed E-state index contributed by atoms with van der Waals surface area (Å²) in [4.78, 5) is 10.2. The Hall–Kier alpha value is -0.920. The van der Waals surface area contributed by atoms with E-state index >= 15 is 0 Å². The topological polar surface area (TPSA) is 40.9 Å². The molecule has 0 rings (SSSR count). The smallest absolute Gasteiger partial charge is 0.131 e. The Balaban J connectivity index is 4.31. The molecule has 0 radical (unpaired) electrons. The monoisotopic (exact) mass is 125 g/mol. The maximum atomic E-state index is 10.2. The van der Waals surface area contributed by atoms with Crippen LogP contribution in [0.3, 0.4) is 0 Å². The van der Waals surface area contributed by atoms with E-state index in [-0.39, 0.29) is 5.71 Å². The van der Waals surface area contributed by atoms with Crippen molar-refractivity contribution >= 4 is 12.0 Å². The summed E-state index contributed by atoms with van der Waals surface area (Å²) < 4.78 is 0. The van der Waals surface area contributed by atoms with Gasteiger partial charge in [0.15, 0.2) is 0 Å². The van der Waals surface area contributed by atoms with Gasteiger partial charge in [0, 0.05) is 5.71 Å². The zero-order chi connectivity index (χ0) is 7.49. The summed E-state index contributed by atoms with van der Waals surface area (Å²) in [5.74, 6) is 0. The molecule has 0 heterocycles. The van der Waals surface area contributed by atoms with Crippen molar-refractivity contribution in [1.29, 1.82) is 5.41 Å². The van der Waals surface area contributed by atoms with Gasteiger partial charge in [0.2, 0.25) is 0 Å². The van der Waals surface area contributed by atoms with Crippen molar-refractivity contribution in [3.63, 3.8) is 0 Å². The molecule has 1 N–H and O–H groups in total. The van der Waals surface area contributed by atoms with Gasteiger partial charge in [0.25, 0.3) is 0 Å². The number of carbonyl (C=O) groups excluding carboxylic acids is 1. The number of hydrogen-bond donors (Lipinski definition) is 1. The molecule has 2 nitrogen and oxygen atoms in total. The van der Waals surface area contributed by atoms with Gasteiger partial charge < -0.3 is 10.2 Å². The summed E-state index contributed by atoms with van der Waals surface area (Å²) in [5, 5.41) is 7.19. The van der Waals surface area contributed by atoms with Crippen molar-refractivity contribution in [2.24, 2.45) is 5.41 Å². The molecule has 0 spiro atoms.